The van der Waals surface area contributed by atoms with E-state index >= 15 is 0 Å². The van der Waals surface area contributed by atoms with E-state index in [2.05, 4.69) is 4.98 Å². The van der Waals surface area contributed by atoms with Gasteiger partial charge in [0.15, 0.2) is 5.82 Å². The van der Waals surface area contributed by atoms with Crippen molar-refractivity contribution in [2.45, 2.75) is 0 Å². The second-order valence-electron chi connectivity index (χ2n) is 6.84. The molecule has 31 heavy (non-hydrogen) atoms. The minimum absolute atomic E-state index is 0.0547. The molecule has 2 aromatic carbocycles. The highest BCUT2D eigenvalue weighted by molar-refractivity contribution is 7.48. The number of benzene rings is 2. The summed E-state index contributed by atoms with van der Waals surface area (Å²) in [4.78, 5) is 32.2. The van der Waals surface area contributed by atoms with Gasteiger partial charge in [-0.2, -0.15) is 0 Å². The number of nitrogens with zero attached hydrogens (tertiary/aromatic N) is 3. The SMILES string of the molecule is COP(=O)(OC)OCCN(C)c1ccc2c(=O)n3c(nc2c1)C(=O)c1cc(Cl)ccc1-3. The molecular formula is C20H19ClN3O6P. The molecule has 1 aromatic heterocycles. The maximum absolute atomic E-state index is 13.1. The fraction of sp³-hybridized carbons (Fsp3) is 0.250. The van der Waals surface area contributed by atoms with E-state index in [1.54, 1.807) is 37.4 Å². The van der Waals surface area contributed by atoms with E-state index in [-0.39, 0.29) is 23.8 Å². The predicted molar refractivity (Wildman–Crippen MR) is 117 cm³/mol. The third-order valence-electron chi connectivity index (χ3n) is 5.06. The maximum Gasteiger partial charge on any atom is 0.474 e. The van der Waals surface area contributed by atoms with Gasteiger partial charge < -0.3 is 4.90 Å². The van der Waals surface area contributed by atoms with Gasteiger partial charge in [-0.1, -0.05) is 11.6 Å². The van der Waals surface area contributed by atoms with Gasteiger partial charge in [-0.15, -0.1) is 0 Å². The number of carbonyl (C=O) groups is 1. The van der Waals surface area contributed by atoms with Crippen LogP contribution in [0.3, 0.4) is 0 Å². The Bertz CT molecular complexity index is 1300. The Labute approximate surface area is 182 Å². The van der Waals surface area contributed by atoms with Crippen LogP contribution in [0.15, 0.2) is 41.2 Å². The van der Waals surface area contributed by atoms with Crippen molar-refractivity contribution in [1.82, 2.24) is 9.55 Å². The van der Waals surface area contributed by atoms with Crippen LogP contribution in [0.25, 0.3) is 16.6 Å². The Morgan fingerprint density at radius 1 is 1.13 bits per heavy atom. The molecule has 0 saturated heterocycles. The Morgan fingerprint density at radius 2 is 1.87 bits per heavy atom. The Hall–Kier alpha value is -2.55. The summed E-state index contributed by atoms with van der Waals surface area (Å²) in [5.41, 5.74) is 1.63. The highest BCUT2D eigenvalue weighted by atomic mass is 35.5. The third kappa shape index (κ3) is 3.79. The fourth-order valence-electron chi connectivity index (χ4n) is 3.39. The molecule has 0 unspecified atom stereocenters. The average molecular weight is 464 g/mol. The van der Waals surface area contributed by atoms with Crippen LogP contribution in [0.1, 0.15) is 16.2 Å². The summed E-state index contributed by atoms with van der Waals surface area (Å²) in [6.45, 7) is 0.456. The molecule has 0 spiro atoms. The molecule has 0 atom stereocenters. The lowest BCUT2D eigenvalue weighted by Crippen LogP contribution is -2.24. The summed E-state index contributed by atoms with van der Waals surface area (Å²) in [5, 5.41) is 0.797. The first-order chi connectivity index (χ1) is 14.8. The highest BCUT2D eigenvalue weighted by Crippen LogP contribution is 2.47. The number of hydrogen-bond donors (Lipinski definition) is 0. The van der Waals surface area contributed by atoms with Gasteiger partial charge in [-0.3, -0.25) is 27.7 Å². The number of fused-ring (bicyclic) bond motifs is 4. The minimum atomic E-state index is -3.55. The van der Waals surface area contributed by atoms with Crippen LogP contribution < -0.4 is 10.5 Å². The van der Waals surface area contributed by atoms with Crippen molar-refractivity contribution in [2.24, 2.45) is 0 Å². The monoisotopic (exact) mass is 463 g/mol. The minimum Gasteiger partial charge on any atom is -0.372 e. The zero-order valence-electron chi connectivity index (χ0n) is 17.0. The van der Waals surface area contributed by atoms with Gasteiger partial charge in [0.1, 0.15) is 0 Å². The number of phosphoric ester groups is 1. The summed E-state index contributed by atoms with van der Waals surface area (Å²) in [7, 11) is 0.738. The van der Waals surface area contributed by atoms with E-state index in [9.17, 15) is 14.2 Å². The van der Waals surface area contributed by atoms with Gasteiger partial charge in [0.25, 0.3) is 5.56 Å². The first kappa shape index (κ1) is 21.7. The van der Waals surface area contributed by atoms with Crippen LogP contribution in [0.4, 0.5) is 5.69 Å². The average Bonchev–Trinajstić information content (AvgIpc) is 3.04. The van der Waals surface area contributed by atoms with Crippen molar-refractivity contribution < 1.29 is 22.9 Å². The topological polar surface area (TPSA) is 100.0 Å². The Balaban J connectivity index is 1.65. The number of ketones is 1. The van der Waals surface area contributed by atoms with Gasteiger partial charge in [0.2, 0.25) is 5.78 Å². The van der Waals surface area contributed by atoms with Crippen molar-refractivity contribution in [1.29, 1.82) is 0 Å². The number of phosphoric acid groups is 1. The molecule has 1 aliphatic heterocycles. The molecule has 9 nitrogen and oxygen atoms in total. The molecule has 0 bridgehead atoms. The Morgan fingerprint density at radius 3 is 2.58 bits per heavy atom. The molecule has 11 heteroatoms. The maximum atomic E-state index is 13.1. The third-order valence-corrected chi connectivity index (χ3v) is 6.69. The van der Waals surface area contributed by atoms with E-state index in [1.165, 1.54) is 24.9 Å². The van der Waals surface area contributed by atoms with E-state index in [4.69, 9.17) is 25.2 Å². The zero-order valence-corrected chi connectivity index (χ0v) is 18.6. The molecule has 0 fully saturated rings. The van der Waals surface area contributed by atoms with Gasteiger partial charge >= 0.3 is 7.82 Å². The molecular weight excluding hydrogens is 445 g/mol. The number of likely N-dealkylation sites (N-methyl/N-ethyl adjacent to an activating group) is 1. The first-order valence-corrected chi connectivity index (χ1v) is 11.1. The van der Waals surface area contributed by atoms with Crippen LogP contribution in [-0.2, 0) is 18.1 Å². The standard InChI is InChI=1S/C20H19ClN3O6P/c1-23(8-9-30-31(27,28-2)29-3)13-5-6-14-16(11-13)22-19-18(25)15-10-12(21)4-7-17(15)24(19)20(14)26/h4-7,10-11H,8-9H2,1-3H3. The van der Waals surface area contributed by atoms with E-state index in [1.807, 2.05) is 4.90 Å². The summed E-state index contributed by atoms with van der Waals surface area (Å²) < 4.78 is 27.9. The molecule has 0 radical (unpaired) electrons. The molecule has 162 valence electrons. The van der Waals surface area contributed by atoms with Crippen molar-refractivity contribution in [3.05, 3.63) is 63.2 Å². The lowest BCUT2D eigenvalue weighted by Gasteiger charge is -2.21. The second-order valence-corrected chi connectivity index (χ2v) is 9.15. The molecule has 4 rings (SSSR count). The Kier molecular flexibility index (Phi) is 5.72. The van der Waals surface area contributed by atoms with Gasteiger partial charge in [0.05, 0.1) is 28.8 Å². The molecule has 1 aliphatic rings. The molecule has 0 saturated carbocycles. The lowest BCUT2D eigenvalue weighted by atomic mass is 10.1. The largest absolute Gasteiger partial charge is 0.474 e. The van der Waals surface area contributed by atoms with Gasteiger partial charge in [-0.25, -0.2) is 9.55 Å². The molecule has 2 heterocycles. The summed E-state index contributed by atoms with van der Waals surface area (Å²) >= 11 is 6.01. The lowest BCUT2D eigenvalue weighted by molar-refractivity contribution is 0.103. The smallest absolute Gasteiger partial charge is 0.372 e. The normalized spacial score (nSPS) is 12.8. The molecule has 0 aliphatic carbocycles. The van der Waals surface area contributed by atoms with Crippen molar-refractivity contribution >= 4 is 41.8 Å². The van der Waals surface area contributed by atoms with Crippen LogP contribution in [0.5, 0.6) is 0 Å². The number of halogens is 1. The number of carbonyl (C=O) groups excluding carboxylic acids is 1. The zero-order chi connectivity index (χ0) is 22.3. The van der Waals surface area contributed by atoms with Crippen molar-refractivity contribution in [3.8, 4) is 5.69 Å². The summed E-state index contributed by atoms with van der Waals surface area (Å²) in [6.07, 6.45) is 0. The van der Waals surface area contributed by atoms with Crippen LogP contribution in [-0.4, -0.2) is 49.8 Å². The molecule has 3 aromatic rings. The van der Waals surface area contributed by atoms with Crippen molar-refractivity contribution in [3.63, 3.8) is 0 Å². The number of hydrogen-bond acceptors (Lipinski definition) is 8. The van der Waals surface area contributed by atoms with Gasteiger partial charge in [0, 0.05) is 38.5 Å². The summed E-state index contributed by atoms with van der Waals surface area (Å²) in [6, 6.07) is 9.96. The van der Waals surface area contributed by atoms with E-state index in [0.717, 1.165) is 5.69 Å². The van der Waals surface area contributed by atoms with Crippen LogP contribution in [0.2, 0.25) is 5.02 Å². The quantitative estimate of drug-likeness (QED) is 0.384. The first-order valence-electron chi connectivity index (χ1n) is 9.26. The summed E-state index contributed by atoms with van der Waals surface area (Å²) in [5.74, 6) is -0.294. The fourth-order valence-corrected chi connectivity index (χ4v) is 4.23. The highest BCUT2D eigenvalue weighted by Gasteiger charge is 2.30. The number of aromatic nitrogens is 2. The molecule has 0 amide bonds. The molecule has 0 N–H and O–H groups in total. The van der Waals surface area contributed by atoms with Crippen LogP contribution >= 0.6 is 19.4 Å². The van der Waals surface area contributed by atoms with Gasteiger partial charge in [-0.05, 0) is 36.4 Å². The number of rotatable bonds is 7. The van der Waals surface area contributed by atoms with E-state index < -0.39 is 7.82 Å². The number of anilines is 1. The van der Waals surface area contributed by atoms with Crippen LogP contribution in [0, 0.1) is 0 Å². The second kappa shape index (κ2) is 8.18. The van der Waals surface area contributed by atoms with Crippen molar-refractivity contribution in [2.75, 3.05) is 39.3 Å². The van der Waals surface area contributed by atoms with E-state index in [0.29, 0.717) is 33.7 Å². The predicted octanol–water partition coefficient (Wildman–Crippen LogP) is 3.44.